The summed E-state index contributed by atoms with van der Waals surface area (Å²) in [5.41, 5.74) is 7.22. The number of imide groups is 1. The minimum absolute atomic E-state index is 0.392. The Kier molecular flexibility index (Phi) is 4.85. The molecular formula is C13H19N3O2. The maximum absolute atomic E-state index is 11.6. The summed E-state index contributed by atoms with van der Waals surface area (Å²) >= 11 is 0. The molecule has 18 heavy (non-hydrogen) atoms. The summed E-state index contributed by atoms with van der Waals surface area (Å²) in [6.07, 6.45) is 0. The van der Waals surface area contributed by atoms with Crippen LogP contribution in [0, 0.1) is 6.92 Å². The van der Waals surface area contributed by atoms with Crippen molar-refractivity contribution in [3.63, 3.8) is 0 Å². The van der Waals surface area contributed by atoms with E-state index in [0.29, 0.717) is 6.54 Å². The molecule has 0 bridgehead atoms. The first-order valence-corrected chi connectivity index (χ1v) is 5.76. The Hall–Kier alpha value is -1.88. The Bertz CT molecular complexity index is 428. The van der Waals surface area contributed by atoms with Crippen LogP contribution in [0.3, 0.4) is 0 Å². The highest BCUT2D eigenvalue weighted by atomic mass is 16.2. The lowest BCUT2D eigenvalue weighted by molar-refractivity contribution is -0.124. The molecule has 1 rings (SSSR count). The monoisotopic (exact) mass is 249 g/mol. The first-order valence-electron chi connectivity index (χ1n) is 5.76. The van der Waals surface area contributed by atoms with Crippen molar-refractivity contribution < 1.29 is 9.59 Å². The topological polar surface area (TPSA) is 75.4 Å². The molecule has 98 valence electrons. The first-order chi connectivity index (χ1) is 8.40. The molecule has 5 nitrogen and oxygen atoms in total. The van der Waals surface area contributed by atoms with Crippen LogP contribution in [0.4, 0.5) is 4.79 Å². The number of carbonyl (C=O) groups excluding carboxylic acids is 2. The number of primary amides is 1. The van der Waals surface area contributed by atoms with Crippen molar-refractivity contribution in [1.29, 1.82) is 0 Å². The SMILES string of the molecule is Cc1ccc(CN(C)[C@@H](C)C(=O)NC(N)=O)cc1. The first kappa shape index (κ1) is 14.2. The van der Waals surface area contributed by atoms with Gasteiger partial charge in [0.25, 0.3) is 0 Å². The number of urea groups is 1. The predicted molar refractivity (Wildman–Crippen MR) is 69.8 cm³/mol. The molecule has 0 heterocycles. The third-order valence-corrected chi connectivity index (χ3v) is 2.84. The van der Waals surface area contributed by atoms with Gasteiger partial charge in [0.05, 0.1) is 6.04 Å². The largest absolute Gasteiger partial charge is 0.351 e. The van der Waals surface area contributed by atoms with Gasteiger partial charge in [0.2, 0.25) is 5.91 Å². The van der Waals surface area contributed by atoms with E-state index in [2.05, 4.69) is 5.32 Å². The molecule has 0 fully saturated rings. The minimum atomic E-state index is -0.824. The molecular weight excluding hydrogens is 230 g/mol. The van der Waals surface area contributed by atoms with Gasteiger partial charge in [0.1, 0.15) is 0 Å². The highest BCUT2D eigenvalue weighted by Gasteiger charge is 2.19. The molecule has 0 aliphatic heterocycles. The van der Waals surface area contributed by atoms with Crippen LogP contribution in [0.25, 0.3) is 0 Å². The van der Waals surface area contributed by atoms with E-state index >= 15 is 0 Å². The second kappa shape index (κ2) is 6.16. The maximum atomic E-state index is 11.6. The fraction of sp³-hybridized carbons (Fsp3) is 0.385. The van der Waals surface area contributed by atoms with Crippen LogP contribution >= 0.6 is 0 Å². The molecule has 0 aliphatic rings. The van der Waals surface area contributed by atoms with Crippen molar-refractivity contribution in [2.75, 3.05) is 7.05 Å². The van der Waals surface area contributed by atoms with Crippen molar-refractivity contribution in [2.24, 2.45) is 5.73 Å². The Morgan fingerprint density at radius 1 is 1.33 bits per heavy atom. The highest BCUT2D eigenvalue weighted by molar-refractivity contribution is 5.96. The number of carbonyl (C=O) groups is 2. The number of likely N-dealkylation sites (N-methyl/N-ethyl adjacent to an activating group) is 1. The Morgan fingerprint density at radius 2 is 1.89 bits per heavy atom. The second-order valence-corrected chi connectivity index (χ2v) is 4.43. The second-order valence-electron chi connectivity index (χ2n) is 4.43. The number of hydrogen-bond donors (Lipinski definition) is 2. The van der Waals surface area contributed by atoms with Crippen molar-refractivity contribution >= 4 is 11.9 Å². The highest BCUT2D eigenvalue weighted by Crippen LogP contribution is 2.08. The molecule has 0 saturated heterocycles. The smallest absolute Gasteiger partial charge is 0.318 e. The summed E-state index contributed by atoms with van der Waals surface area (Å²) in [7, 11) is 1.82. The number of rotatable bonds is 4. The van der Waals surface area contributed by atoms with Crippen molar-refractivity contribution in [1.82, 2.24) is 10.2 Å². The lowest BCUT2D eigenvalue weighted by Gasteiger charge is -2.23. The summed E-state index contributed by atoms with van der Waals surface area (Å²) in [5, 5.41) is 2.08. The number of hydrogen-bond acceptors (Lipinski definition) is 3. The van der Waals surface area contributed by atoms with Gasteiger partial charge in [-0.25, -0.2) is 4.79 Å². The van der Waals surface area contributed by atoms with Crippen molar-refractivity contribution in [2.45, 2.75) is 26.4 Å². The molecule has 0 radical (unpaired) electrons. The zero-order valence-corrected chi connectivity index (χ0v) is 10.9. The molecule has 1 aromatic rings. The van der Waals surface area contributed by atoms with Gasteiger partial charge in [-0.05, 0) is 26.5 Å². The van der Waals surface area contributed by atoms with Crippen LogP contribution in [-0.4, -0.2) is 29.9 Å². The van der Waals surface area contributed by atoms with E-state index in [-0.39, 0.29) is 0 Å². The molecule has 0 unspecified atom stereocenters. The number of benzene rings is 1. The lowest BCUT2D eigenvalue weighted by atomic mass is 10.1. The zero-order valence-electron chi connectivity index (χ0n) is 10.9. The normalized spacial score (nSPS) is 12.2. The molecule has 0 saturated carbocycles. The van der Waals surface area contributed by atoms with Gasteiger partial charge in [-0.1, -0.05) is 29.8 Å². The third kappa shape index (κ3) is 4.18. The van der Waals surface area contributed by atoms with Crippen LogP contribution < -0.4 is 11.1 Å². The Morgan fingerprint density at radius 3 is 2.39 bits per heavy atom. The van der Waals surface area contributed by atoms with E-state index in [1.165, 1.54) is 5.56 Å². The molecule has 3 amide bonds. The number of nitrogens with zero attached hydrogens (tertiary/aromatic N) is 1. The fourth-order valence-corrected chi connectivity index (χ4v) is 1.54. The number of amides is 3. The van der Waals surface area contributed by atoms with E-state index in [9.17, 15) is 9.59 Å². The molecule has 0 aliphatic carbocycles. The van der Waals surface area contributed by atoms with Crippen molar-refractivity contribution in [3.05, 3.63) is 35.4 Å². The van der Waals surface area contributed by atoms with Crippen LogP contribution in [0.5, 0.6) is 0 Å². The quantitative estimate of drug-likeness (QED) is 0.836. The average Bonchev–Trinajstić information content (AvgIpc) is 2.30. The lowest BCUT2D eigenvalue weighted by Crippen LogP contribution is -2.46. The summed E-state index contributed by atoms with van der Waals surface area (Å²) in [6, 6.07) is 6.85. The minimum Gasteiger partial charge on any atom is -0.351 e. The standard InChI is InChI=1S/C13H19N3O2/c1-9-4-6-11(7-5-9)8-16(3)10(2)12(17)15-13(14)18/h4-7,10H,8H2,1-3H3,(H3,14,15,17,18)/t10-/m0/s1. The number of nitrogens with two attached hydrogens (primary N) is 1. The van der Waals surface area contributed by atoms with E-state index in [1.807, 2.05) is 43.1 Å². The summed E-state index contributed by atoms with van der Waals surface area (Å²) < 4.78 is 0. The van der Waals surface area contributed by atoms with Gasteiger partial charge >= 0.3 is 6.03 Å². The number of aryl methyl sites for hydroxylation is 1. The van der Waals surface area contributed by atoms with E-state index in [4.69, 9.17) is 5.73 Å². The molecule has 0 spiro atoms. The summed E-state index contributed by atoms with van der Waals surface area (Å²) in [4.78, 5) is 24.0. The van der Waals surface area contributed by atoms with Crippen LogP contribution in [0.2, 0.25) is 0 Å². The number of nitrogens with one attached hydrogen (secondary N) is 1. The van der Waals surface area contributed by atoms with Gasteiger partial charge < -0.3 is 5.73 Å². The predicted octanol–water partition coefficient (Wildman–Crippen LogP) is 1.01. The van der Waals surface area contributed by atoms with Gasteiger partial charge in [-0.3, -0.25) is 15.0 Å². The van der Waals surface area contributed by atoms with Gasteiger partial charge in [0, 0.05) is 6.54 Å². The summed E-state index contributed by atoms with van der Waals surface area (Å²) in [6.45, 7) is 4.39. The molecule has 1 aromatic carbocycles. The fourth-order valence-electron chi connectivity index (χ4n) is 1.54. The van der Waals surface area contributed by atoms with E-state index in [0.717, 1.165) is 5.56 Å². The summed E-state index contributed by atoms with van der Waals surface area (Å²) in [5.74, 6) is -0.392. The van der Waals surface area contributed by atoms with Gasteiger partial charge in [0.15, 0.2) is 0 Å². The maximum Gasteiger partial charge on any atom is 0.318 e. The van der Waals surface area contributed by atoms with Gasteiger partial charge in [-0.2, -0.15) is 0 Å². The molecule has 5 heteroatoms. The van der Waals surface area contributed by atoms with E-state index in [1.54, 1.807) is 6.92 Å². The molecule has 0 aromatic heterocycles. The zero-order chi connectivity index (χ0) is 13.7. The van der Waals surface area contributed by atoms with Crippen LogP contribution in [-0.2, 0) is 11.3 Å². The van der Waals surface area contributed by atoms with Crippen LogP contribution in [0.15, 0.2) is 24.3 Å². The molecule has 1 atom stereocenters. The third-order valence-electron chi connectivity index (χ3n) is 2.84. The Balaban J connectivity index is 2.59. The molecule has 3 N–H and O–H groups in total. The average molecular weight is 249 g/mol. The van der Waals surface area contributed by atoms with E-state index < -0.39 is 18.0 Å². The van der Waals surface area contributed by atoms with Crippen LogP contribution in [0.1, 0.15) is 18.1 Å². The Labute approximate surface area is 107 Å². The van der Waals surface area contributed by atoms with Gasteiger partial charge in [-0.15, -0.1) is 0 Å². The van der Waals surface area contributed by atoms with Crippen molar-refractivity contribution in [3.8, 4) is 0 Å².